The Labute approximate surface area is 165 Å². The van der Waals surface area contributed by atoms with Crippen LogP contribution < -0.4 is 5.32 Å². The number of hydrogen-bond acceptors (Lipinski definition) is 6. The molecular formula is C20H16N6O3. The van der Waals surface area contributed by atoms with Gasteiger partial charge in [0, 0.05) is 36.5 Å². The minimum Gasteiger partial charge on any atom is -0.322 e. The highest BCUT2D eigenvalue weighted by molar-refractivity contribution is 6.05. The fourth-order valence-electron chi connectivity index (χ4n) is 3.75. The van der Waals surface area contributed by atoms with E-state index in [-0.39, 0.29) is 18.2 Å². The zero-order valence-corrected chi connectivity index (χ0v) is 15.3. The third-order valence-corrected chi connectivity index (χ3v) is 5.24. The van der Waals surface area contributed by atoms with Crippen molar-refractivity contribution in [1.29, 1.82) is 0 Å². The summed E-state index contributed by atoms with van der Waals surface area (Å²) in [4.78, 5) is 41.9. The molecule has 1 atom stereocenters. The Bertz CT molecular complexity index is 1140. The topological polar surface area (TPSA) is 110 Å². The van der Waals surface area contributed by atoms with Gasteiger partial charge < -0.3 is 4.90 Å². The van der Waals surface area contributed by atoms with Crippen molar-refractivity contribution in [2.75, 3.05) is 0 Å². The van der Waals surface area contributed by atoms with Gasteiger partial charge in [-0.2, -0.15) is 0 Å². The van der Waals surface area contributed by atoms with Crippen molar-refractivity contribution in [2.45, 2.75) is 25.4 Å². The Balaban J connectivity index is 1.41. The van der Waals surface area contributed by atoms with Crippen LogP contribution in [-0.4, -0.2) is 48.6 Å². The van der Waals surface area contributed by atoms with Crippen LogP contribution in [0.1, 0.15) is 28.8 Å². The van der Waals surface area contributed by atoms with Crippen molar-refractivity contribution >= 4 is 17.7 Å². The van der Waals surface area contributed by atoms with Gasteiger partial charge in [-0.15, -0.1) is 5.10 Å². The average molecular weight is 388 g/mol. The predicted octanol–water partition coefficient (Wildman–Crippen LogP) is 1.09. The Morgan fingerprint density at radius 1 is 1.07 bits per heavy atom. The number of rotatable bonds is 3. The highest BCUT2D eigenvalue weighted by Gasteiger charge is 2.39. The first-order valence-corrected chi connectivity index (χ1v) is 9.21. The van der Waals surface area contributed by atoms with Crippen LogP contribution in [0.2, 0.25) is 0 Å². The smallest absolute Gasteiger partial charge is 0.255 e. The minimum atomic E-state index is -0.622. The molecule has 29 heavy (non-hydrogen) atoms. The number of piperidine rings is 1. The molecule has 0 radical (unpaired) electrons. The van der Waals surface area contributed by atoms with Crippen molar-refractivity contribution in [2.24, 2.45) is 0 Å². The zero-order valence-electron chi connectivity index (χ0n) is 15.3. The molecule has 0 bridgehead atoms. The third-order valence-electron chi connectivity index (χ3n) is 5.24. The lowest BCUT2D eigenvalue weighted by molar-refractivity contribution is -0.136. The molecule has 0 aliphatic carbocycles. The number of hydrogen-bond donors (Lipinski definition) is 1. The maximum atomic E-state index is 12.8. The van der Waals surface area contributed by atoms with Gasteiger partial charge in [0.25, 0.3) is 5.91 Å². The Hall–Kier alpha value is -3.88. The van der Waals surface area contributed by atoms with Crippen LogP contribution in [0.3, 0.4) is 0 Å². The normalized spacial score (nSPS) is 18.7. The van der Waals surface area contributed by atoms with E-state index in [9.17, 15) is 14.4 Å². The Morgan fingerprint density at radius 3 is 2.69 bits per heavy atom. The SMILES string of the molecule is O=C1CCC(N2Cc3cc(-c4cn(-c5ccncc5)nn4)ccc3C2=O)C(=O)N1. The quantitative estimate of drug-likeness (QED) is 0.673. The van der Waals surface area contributed by atoms with Crippen molar-refractivity contribution in [1.82, 2.24) is 30.2 Å². The van der Waals surface area contributed by atoms with E-state index in [2.05, 4.69) is 20.6 Å². The molecule has 1 unspecified atom stereocenters. The van der Waals surface area contributed by atoms with Crippen LogP contribution >= 0.6 is 0 Å². The maximum Gasteiger partial charge on any atom is 0.255 e. The van der Waals surface area contributed by atoms with Crippen LogP contribution in [-0.2, 0) is 16.1 Å². The first kappa shape index (κ1) is 17.2. The zero-order chi connectivity index (χ0) is 20.0. The molecule has 3 amide bonds. The fraction of sp³-hybridized carbons (Fsp3) is 0.200. The summed E-state index contributed by atoms with van der Waals surface area (Å²) < 4.78 is 1.66. The molecule has 5 rings (SSSR count). The molecule has 2 aromatic heterocycles. The summed E-state index contributed by atoms with van der Waals surface area (Å²) in [6.07, 6.45) is 5.76. The molecule has 1 aromatic carbocycles. The molecular weight excluding hydrogens is 372 g/mol. The van der Waals surface area contributed by atoms with Gasteiger partial charge in [0.05, 0.1) is 11.9 Å². The number of benzene rings is 1. The minimum absolute atomic E-state index is 0.193. The van der Waals surface area contributed by atoms with E-state index < -0.39 is 11.9 Å². The van der Waals surface area contributed by atoms with E-state index in [0.29, 0.717) is 24.2 Å². The average Bonchev–Trinajstić information content (AvgIpc) is 3.34. The van der Waals surface area contributed by atoms with Gasteiger partial charge in [0.2, 0.25) is 11.8 Å². The van der Waals surface area contributed by atoms with Crippen LogP contribution in [0.4, 0.5) is 0 Å². The number of aromatic nitrogens is 4. The van der Waals surface area contributed by atoms with E-state index in [4.69, 9.17) is 0 Å². The number of fused-ring (bicyclic) bond motifs is 1. The van der Waals surface area contributed by atoms with Crippen molar-refractivity contribution < 1.29 is 14.4 Å². The molecule has 2 aliphatic heterocycles. The number of nitrogens with one attached hydrogen (secondary N) is 1. The molecule has 0 spiro atoms. The largest absolute Gasteiger partial charge is 0.322 e. The number of pyridine rings is 1. The first-order chi connectivity index (χ1) is 14.1. The van der Waals surface area contributed by atoms with Gasteiger partial charge in [-0.1, -0.05) is 11.3 Å². The molecule has 2 aliphatic rings. The summed E-state index contributed by atoms with van der Waals surface area (Å²) >= 11 is 0. The Morgan fingerprint density at radius 2 is 1.90 bits per heavy atom. The predicted molar refractivity (Wildman–Crippen MR) is 101 cm³/mol. The van der Waals surface area contributed by atoms with Crippen molar-refractivity contribution in [3.8, 4) is 16.9 Å². The molecule has 1 N–H and O–H groups in total. The third kappa shape index (κ3) is 2.96. The Kier molecular flexibility index (Phi) is 3.94. The molecule has 1 fully saturated rings. The monoisotopic (exact) mass is 388 g/mol. The van der Waals surface area contributed by atoms with E-state index >= 15 is 0 Å². The number of imide groups is 1. The highest BCUT2D eigenvalue weighted by Crippen LogP contribution is 2.30. The van der Waals surface area contributed by atoms with Gasteiger partial charge in [0.1, 0.15) is 11.7 Å². The van der Waals surface area contributed by atoms with Crippen LogP contribution in [0, 0.1) is 0 Å². The molecule has 144 valence electrons. The lowest BCUT2D eigenvalue weighted by Crippen LogP contribution is -2.52. The number of nitrogens with zero attached hydrogens (tertiary/aromatic N) is 5. The van der Waals surface area contributed by atoms with Gasteiger partial charge in [-0.05, 0) is 36.2 Å². The van der Waals surface area contributed by atoms with Gasteiger partial charge in [-0.25, -0.2) is 4.68 Å². The second kappa shape index (κ2) is 6.62. The molecule has 9 heteroatoms. The number of amides is 3. The molecule has 4 heterocycles. The van der Waals surface area contributed by atoms with Gasteiger partial charge in [0.15, 0.2) is 0 Å². The molecule has 1 saturated heterocycles. The summed E-state index contributed by atoms with van der Waals surface area (Å²) in [6.45, 7) is 0.326. The maximum absolute atomic E-state index is 12.8. The highest BCUT2D eigenvalue weighted by atomic mass is 16.2. The van der Waals surface area contributed by atoms with Gasteiger partial charge in [-0.3, -0.25) is 24.7 Å². The molecule has 9 nitrogen and oxygen atoms in total. The van der Waals surface area contributed by atoms with Gasteiger partial charge >= 0.3 is 0 Å². The molecule has 3 aromatic rings. The summed E-state index contributed by atoms with van der Waals surface area (Å²) in [6, 6.07) is 8.52. The second-order valence-electron chi connectivity index (χ2n) is 7.03. The molecule has 0 saturated carbocycles. The summed E-state index contributed by atoms with van der Waals surface area (Å²) in [7, 11) is 0. The van der Waals surface area contributed by atoms with Crippen LogP contribution in [0.15, 0.2) is 48.9 Å². The standard InChI is InChI=1S/C20H16N6O3/c27-18-4-3-17(19(28)22-18)25-10-13-9-12(1-2-15(13)20(25)29)16-11-26(24-23-16)14-5-7-21-8-6-14/h1-2,5-9,11,17H,3-4,10H2,(H,22,27,28). The lowest BCUT2D eigenvalue weighted by atomic mass is 10.0. The van der Waals surface area contributed by atoms with E-state index in [1.54, 1.807) is 23.1 Å². The van der Waals surface area contributed by atoms with E-state index in [0.717, 1.165) is 16.8 Å². The van der Waals surface area contributed by atoms with E-state index in [1.165, 1.54) is 4.90 Å². The van der Waals surface area contributed by atoms with Crippen LogP contribution in [0.25, 0.3) is 16.9 Å². The number of carbonyl (C=O) groups excluding carboxylic acids is 3. The van der Waals surface area contributed by atoms with Crippen LogP contribution in [0.5, 0.6) is 0 Å². The van der Waals surface area contributed by atoms with Crippen molar-refractivity contribution in [3.05, 3.63) is 60.0 Å². The summed E-state index contributed by atoms with van der Waals surface area (Å²) in [5.74, 6) is -0.903. The van der Waals surface area contributed by atoms with E-state index in [1.807, 2.05) is 30.5 Å². The summed E-state index contributed by atoms with van der Waals surface area (Å²) in [5.41, 5.74) is 3.76. The number of carbonyl (C=O) groups is 3. The fourth-order valence-corrected chi connectivity index (χ4v) is 3.75. The van der Waals surface area contributed by atoms with Crippen molar-refractivity contribution in [3.63, 3.8) is 0 Å². The summed E-state index contributed by atoms with van der Waals surface area (Å²) in [5, 5.41) is 10.7. The first-order valence-electron chi connectivity index (χ1n) is 9.21. The lowest BCUT2D eigenvalue weighted by Gasteiger charge is -2.29. The second-order valence-corrected chi connectivity index (χ2v) is 7.03.